The van der Waals surface area contributed by atoms with Crippen molar-refractivity contribution in [1.82, 2.24) is 5.32 Å². The minimum Gasteiger partial charge on any atom is -0.486 e. The Balaban J connectivity index is 1.68. The van der Waals surface area contributed by atoms with Crippen LogP contribution >= 0.6 is 15.9 Å². The number of hydrogen-bond donors (Lipinski definition) is 1. The van der Waals surface area contributed by atoms with Crippen LogP contribution in [0, 0.1) is 0 Å². The third-order valence-corrected chi connectivity index (χ3v) is 4.48. The summed E-state index contributed by atoms with van der Waals surface area (Å²) in [6, 6.07) is 13.6. The molecule has 1 aliphatic rings. The Morgan fingerprint density at radius 2 is 1.83 bits per heavy atom. The molecule has 0 aromatic heterocycles. The van der Waals surface area contributed by atoms with Gasteiger partial charge in [0.05, 0.1) is 12.5 Å². The number of carbonyl (C=O) groups is 1. The predicted molar refractivity (Wildman–Crippen MR) is 91.8 cm³/mol. The Kier molecular flexibility index (Phi) is 4.86. The Bertz CT molecular complexity index is 703. The van der Waals surface area contributed by atoms with Gasteiger partial charge in [-0.2, -0.15) is 0 Å². The second kappa shape index (κ2) is 7.04. The second-order valence-corrected chi connectivity index (χ2v) is 6.32. The van der Waals surface area contributed by atoms with Gasteiger partial charge in [-0.25, -0.2) is 0 Å². The number of hydrogen-bond acceptors (Lipinski definition) is 3. The number of halogens is 1. The molecule has 1 amide bonds. The molecular formula is C18H18BrNO3. The maximum atomic E-state index is 12.3. The van der Waals surface area contributed by atoms with Gasteiger partial charge in [0.15, 0.2) is 11.5 Å². The lowest BCUT2D eigenvalue weighted by molar-refractivity contribution is -0.121. The molecule has 2 aromatic rings. The van der Waals surface area contributed by atoms with Gasteiger partial charge < -0.3 is 14.8 Å². The quantitative estimate of drug-likeness (QED) is 0.887. The summed E-state index contributed by atoms with van der Waals surface area (Å²) in [5.74, 6) is 1.38. The predicted octanol–water partition coefficient (Wildman–Crippen LogP) is 3.64. The van der Waals surface area contributed by atoms with Crippen LogP contribution < -0.4 is 14.8 Å². The number of benzene rings is 2. The van der Waals surface area contributed by atoms with Crippen molar-refractivity contribution in [2.75, 3.05) is 13.2 Å². The molecule has 0 radical (unpaired) electrons. The number of carbonyl (C=O) groups excluding carboxylic acids is 1. The highest BCUT2D eigenvalue weighted by Crippen LogP contribution is 2.35. The summed E-state index contributed by atoms with van der Waals surface area (Å²) >= 11 is 3.50. The van der Waals surface area contributed by atoms with Gasteiger partial charge in [0.2, 0.25) is 5.91 Å². The summed E-state index contributed by atoms with van der Waals surface area (Å²) in [6.07, 6.45) is 0.286. The minimum atomic E-state index is -0.0290. The molecule has 0 spiro atoms. The lowest BCUT2D eigenvalue weighted by atomic mass is 10.1. The molecule has 1 atom stereocenters. The van der Waals surface area contributed by atoms with E-state index in [0.717, 1.165) is 15.6 Å². The van der Waals surface area contributed by atoms with E-state index in [4.69, 9.17) is 9.47 Å². The average Bonchev–Trinajstić information content (AvgIpc) is 2.56. The van der Waals surface area contributed by atoms with Gasteiger partial charge in [0, 0.05) is 4.47 Å². The zero-order valence-corrected chi connectivity index (χ0v) is 14.4. The first-order chi connectivity index (χ1) is 11.1. The molecule has 4 nitrogen and oxygen atoms in total. The lowest BCUT2D eigenvalue weighted by Crippen LogP contribution is -2.28. The van der Waals surface area contributed by atoms with Gasteiger partial charge in [0.25, 0.3) is 0 Å². The smallest absolute Gasteiger partial charge is 0.224 e. The molecule has 1 N–H and O–H groups in total. The number of fused-ring (bicyclic) bond motifs is 1. The summed E-state index contributed by atoms with van der Waals surface area (Å²) in [5.41, 5.74) is 1.97. The molecule has 0 aliphatic carbocycles. The van der Waals surface area contributed by atoms with Crippen molar-refractivity contribution in [3.63, 3.8) is 0 Å². The summed E-state index contributed by atoms with van der Waals surface area (Å²) < 4.78 is 12.0. The van der Waals surface area contributed by atoms with E-state index in [1.807, 2.05) is 49.4 Å². The van der Waals surface area contributed by atoms with Crippen LogP contribution in [0.25, 0.3) is 0 Å². The van der Waals surface area contributed by atoms with Crippen LogP contribution in [0.5, 0.6) is 11.5 Å². The van der Waals surface area contributed by atoms with Gasteiger partial charge in [-0.15, -0.1) is 0 Å². The fraction of sp³-hybridized carbons (Fsp3) is 0.278. The molecule has 1 aliphatic heterocycles. The Morgan fingerprint density at radius 1 is 1.17 bits per heavy atom. The van der Waals surface area contributed by atoms with Crippen LogP contribution in [0.1, 0.15) is 24.1 Å². The van der Waals surface area contributed by atoms with Gasteiger partial charge >= 0.3 is 0 Å². The number of amides is 1. The third-order valence-electron chi connectivity index (χ3n) is 3.74. The van der Waals surface area contributed by atoms with E-state index >= 15 is 0 Å². The summed E-state index contributed by atoms with van der Waals surface area (Å²) in [5, 5.41) is 3.02. The zero-order valence-electron chi connectivity index (χ0n) is 12.8. The molecule has 0 bridgehead atoms. The maximum absolute atomic E-state index is 12.3. The van der Waals surface area contributed by atoms with E-state index in [0.29, 0.717) is 24.7 Å². The first-order valence-electron chi connectivity index (χ1n) is 7.56. The van der Waals surface area contributed by atoms with Crippen LogP contribution in [0.2, 0.25) is 0 Å². The van der Waals surface area contributed by atoms with Crippen molar-refractivity contribution < 1.29 is 14.3 Å². The van der Waals surface area contributed by atoms with Gasteiger partial charge in [-0.05, 0) is 30.2 Å². The molecular weight excluding hydrogens is 358 g/mol. The van der Waals surface area contributed by atoms with Crippen molar-refractivity contribution in [3.05, 3.63) is 58.1 Å². The average molecular weight is 376 g/mol. The fourth-order valence-corrected chi connectivity index (χ4v) is 2.99. The van der Waals surface area contributed by atoms with E-state index < -0.39 is 0 Å². The van der Waals surface area contributed by atoms with Crippen LogP contribution in [-0.2, 0) is 11.2 Å². The van der Waals surface area contributed by atoms with Crippen LogP contribution in [0.4, 0.5) is 0 Å². The number of rotatable bonds is 4. The van der Waals surface area contributed by atoms with E-state index in [9.17, 15) is 4.79 Å². The molecule has 0 saturated carbocycles. The molecule has 120 valence electrons. The first kappa shape index (κ1) is 15.9. The Morgan fingerprint density at radius 3 is 2.52 bits per heavy atom. The molecule has 23 heavy (non-hydrogen) atoms. The van der Waals surface area contributed by atoms with Crippen LogP contribution in [0.3, 0.4) is 0 Å². The van der Waals surface area contributed by atoms with Crippen molar-refractivity contribution in [3.8, 4) is 11.5 Å². The second-order valence-electron chi connectivity index (χ2n) is 5.46. The van der Waals surface area contributed by atoms with Crippen molar-refractivity contribution in [1.29, 1.82) is 0 Å². The number of ether oxygens (including phenoxy) is 2. The molecule has 3 rings (SSSR count). The Labute approximate surface area is 143 Å². The normalized spacial score (nSPS) is 14.2. The molecule has 1 heterocycles. The van der Waals surface area contributed by atoms with E-state index in [-0.39, 0.29) is 18.4 Å². The molecule has 0 saturated heterocycles. The zero-order chi connectivity index (χ0) is 16.2. The largest absolute Gasteiger partial charge is 0.486 e. The lowest BCUT2D eigenvalue weighted by Gasteiger charge is -2.20. The van der Waals surface area contributed by atoms with Crippen LogP contribution in [0.15, 0.2) is 46.9 Å². The van der Waals surface area contributed by atoms with Crippen molar-refractivity contribution in [2.24, 2.45) is 0 Å². The van der Waals surface area contributed by atoms with E-state index in [2.05, 4.69) is 21.2 Å². The highest BCUT2D eigenvalue weighted by molar-refractivity contribution is 9.10. The van der Waals surface area contributed by atoms with E-state index in [1.165, 1.54) is 0 Å². The van der Waals surface area contributed by atoms with Gasteiger partial charge in [-0.3, -0.25) is 4.79 Å². The highest BCUT2D eigenvalue weighted by atomic mass is 79.9. The van der Waals surface area contributed by atoms with Gasteiger partial charge in [-0.1, -0.05) is 46.3 Å². The SMILES string of the molecule is CC(NC(=O)Cc1cc2c(cc1Br)OCCO2)c1ccccc1. The molecule has 1 unspecified atom stereocenters. The Hall–Kier alpha value is -2.01. The number of nitrogens with one attached hydrogen (secondary N) is 1. The topological polar surface area (TPSA) is 47.6 Å². The highest BCUT2D eigenvalue weighted by Gasteiger charge is 2.17. The first-order valence-corrected chi connectivity index (χ1v) is 8.35. The standard InChI is InChI=1S/C18H18BrNO3/c1-12(13-5-3-2-4-6-13)20-18(21)10-14-9-16-17(11-15(14)19)23-8-7-22-16/h2-6,9,11-12H,7-8,10H2,1H3,(H,20,21). The van der Waals surface area contributed by atoms with E-state index in [1.54, 1.807) is 0 Å². The molecule has 0 fully saturated rings. The minimum absolute atomic E-state index is 0.0281. The molecule has 2 aromatic carbocycles. The van der Waals surface area contributed by atoms with Crippen molar-refractivity contribution >= 4 is 21.8 Å². The maximum Gasteiger partial charge on any atom is 0.224 e. The fourth-order valence-electron chi connectivity index (χ4n) is 2.53. The summed E-state index contributed by atoms with van der Waals surface area (Å²) in [7, 11) is 0. The van der Waals surface area contributed by atoms with Gasteiger partial charge in [0.1, 0.15) is 13.2 Å². The summed E-state index contributed by atoms with van der Waals surface area (Å²) in [6.45, 7) is 3.06. The summed E-state index contributed by atoms with van der Waals surface area (Å²) in [4.78, 5) is 12.3. The molecule has 5 heteroatoms. The monoisotopic (exact) mass is 375 g/mol. The van der Waals surface area contributed by atoms with Crippen molar-refractivity contribution in [2.45, 2.75) is 19.4 Å². The third kappa shape index (κ3) is 3.85. The van der Waals surface area contributed by atoms with Crippen LogP contribution in [-0.4, -0.2) is 19.1 Å².